The molecule has 2 atom stereocenters. The molecule has 0 unspecified atom stereocenters. The number of carbonyl (C=O) groups is 1. The molecule has 3 aliphatic heterocycles. The maximum absolute atomic E-state index is 12.4. The molecule has 0 aromatic carbocycles. The Morgan fingerprint density at radius 3 is 2.79 bits per heavy atom. The fraction of sp³-hybridized carbons (Fsp3) is 0.579. The Labute approximate surface area is 166 Å². The molecule has 0 spiro atoms. The van der Waals surface area contributed by atoms with Crippen molar-refractivity contribution in [2.75, 3.05) is 39.8 Å². The van der Waals surface area contributed by atoms with Crippen molar-refractivity contribution < 1.29 is 4.79 Å². The van der Waals surface area contributed by atoms with E-state index in [0.717, 1.165) is 37.6 Å². The normalized spacial score (nSPS) is 23.9. The van der Waals surface area contributed by atoms with Gasteiger partial charge in [-0.05, 0) is 25.8 Å². The van der Waals surface area contributed by atoms with E-state index >= 15 is 0 Å². The third-order valence-corrected chi connectivity index (χ3v) is 5.08. The minimum Gasteiger partial charge on any atom is -0.377 e. The number of hydrazone groups is 1. The number of hydrogen-bond donors (Lipinski definition) is 3. The average molecular weight is 387 g/mol. The van der Waals surface area contributed by atoms with E-state index in [1.165, 1.54) is 0 Å². The summed E-state index contributed by atoms with van der Waals surface area (Å²) in [5.74, 6) is 1.65. The monoisotopic (exact) mass is 386 g/mol. The highest BCUT2D eigenvalue weighted by atomic mass is 16.2. The van der Waals surface area contributed by atoms with Crippen molar-refractivity contribution in [2.24, 2.45) is 15.1 Å². The topological polar surface area (TPSA) is 96.7 Å². The van der Waals surface area contributed by atoms with Gasteiger partial charge in [0.1, 0.15) is 11.7 Å². The van der Waals surface area contributed by atoms with Crippen molar-refractivity contribution in [3.05, 3.63) is 24.4 Å². The molecule has 9 nitrogen and oxygen atoms in total. The van der Waals surface area contributed by atoms with E-state index in [-0.39, 0.29) is 18.1 Å². The van der Waals surface area contributed by atoms with Crippen LogP contribution in [0.3, 0.4) is 0 Å². The minimum absolute atomic E-state index is 0.0567. The summed E-state index contributed by atoms with van der Waals surface area (Å²) in [6, 6.07) is 0.530. The first-order valence-electron chi connectivity index (χ1n) is 9.84. The van der Waals surface area contributed by atoms with Crippen LogP contribution in [0.1, 0.15) is 19.8 Å². The summed E-state index contributed by atoms with van der Waals surface area (Å²) in [6.07, 6.45) is 7.78. The zero-order valence-corrected chi connectivity index (χ0v) is 16.7. The third-order valence-electron chi connectivity index (χ3n) is 5.08. The van der Waals surface area contributed by atoms with E-state index in [2.05, 4.69) is 37.6 Å². The van der Waals surface area contributed by atoms with Gasteiger partial charge >= 0.3 is 6.03 Å². The van der Waals surface area contributed by atoms with Crippen molar-refractivity contribution in [1.82, 2.24) is 25.9 Å². The number of likely N-dealkylation sites (tertiary alicyclic amines) is 1. The van der Waals surface area contributed by atoms with Gasteiger partial charge in [0.2, 0.25) is 0 Å². The molecule has 9 heteroatoms. The Kier molecular flexibility index (Phi) is 6.67. The first-order chi connectivity index (χ1) is 13.6. The van der Waals surface area contributed by atoms with Gasteiger partial charge in [0, 0.05) is 32.4 Å². The molecule has 0 saturated carbocycles. The summed E-state index contributed by atoms with van der Waals surface area (Å²) in [4.78, 5) is 26.0. The number of amidine groups is 2. The molecule has 3 aliphatic rings. The van der Waals surface area contributed by atoms with E-state index in [4.69, 9.17) is 4.99 Å². The van der Waals surface area contributed by atoms with E-state index in [9.17, 15) is 4.79 Å². The van der Waals surface area contributed by atoms with Crippen molar-refractivity contribution >= 4 is 23.9 Å². The summed E-state index contributed by atoms with van der Waals surface area (Å²) in [7, 11) is 1.74. The van der Waals surface area contributed by atoms with Crippen LogP contribution in [0.15, 0.2) is 39.5 Å². The Hall–Kier alpha value is -2.84. The summed E-state index contributed by atoms with van der Waals surface area (Å²) in [6.45, 7) is 9.22. The van der Waals surface area contributed by atoms with E-state index in [1.54, 1.807) is 13.3 Å². The van der Waals surface area contributed by atoms with Crippen LogP contribution in [0.5, 0.6) is 0 Å². The number of piperazine rings is 1. The number of nitrogens with one attached hydrogen (secondary N) is 3. The first kappa shape index (κ1) is 19.9. The van der Waals surface area contributed by atoms with Crippen LogP contribution < -0.4 is 16.1 Å². The standard InChI is InChI=1S/C19H30N8O/c1-4-21-19(28)27-15-7-8-16(27)13-26(12-15)18-6-5-9-22-17(25-18)11-23-14(2)10-24-20-3/h5-6,10,15-16,20,23H,2,4,7-9,11-13H2,1,3H3,(H,21,28)/b24-10-/t15-,16+. The minimum atomic E-state index is 0.0567. The molecule has 3 heterocycles. The van der Waals surface area contributed by atoms with Crippen LogP contribution in [0.25, 0.3) is 0 Å². The summed E-state index contributed by atoms with van der Waals surface area (Å²) >= 11 is 0. The molecule has 2 amide bonds. The fourth-order valence-electron chi connectivity index (χ4n) is 3.84. The van der Waals surface area contributed by atoms with Crippen LogP contribution in [-0.4, -0.2) is 85.6 Å². The SMILES string of the molecule is C=C(/C=N\NC)NCC1=NCC=CC(N2C[C@H]3CC[C@@H](C2)N3C(=O)NCC)=N1. The lowest BCUT2D eigenvalue weighted by Gasteiger charge is -2.41. The Balaban J connectivity index is 1.64. The summed E-state index contributed by atoms with van der Waals surface area (Å²) in [5, 5.41) is 10.0. The number of fused-ring (bicyclic) bond motifs is 2. The van der Waals surface area contributed by atoms with Crippen LogP contribution in [0.2, 0.25) is 0 Å². The van der Waals surface area contributed by atoms with Crippen LogP contribution in [0.4, 0.5) is 4.79 Å². The molecule has 0 aromatic rings. The van der Waals surface area contributed by atoms with E-state index in [1.807, 2.05) is 24.0 Å². The van der Waals surface area contributed by atoms with Gasteiger partial charge in [0.15, 0.2) is 0 Å². The average Bonchev–Trinajstić information content (AvgIpc) is 2.87. The summed E-state index contributed by atoms with van der Waals surface area (Å²) < 4.78 is 0. The molecule has 2 fully saturated rings. The van der Waals surface area contributed by atoms with Crippen LogP contribution in [0, 0.1) is 0 Å². The van der Waals surface area contributed by atoms with Crippen molar-refractivity contribution in [3.8, 4) is 0 Å². The number of rotatable bonds is 6. The number of aliphatic imine (C=N–C) groups is 2. The van der Waals surface area contributed by atoms with Crippen molar-refractivity contribution in [1.29, 1.82) is 0 Å². The molecule has 0 aromatic heterocycles. The predicted molar refractivity (Wildman–Crippen MR) is 113 cm³/mol. The Morgan fingerprint density at radius 2 is 2.11 bits per heavy atom. The zero-order valence-electron chi connectivity index (χ0n) is 16.7. The molecule has 0 aliphatic carbocycles. The largest absolute Gasteiger partial charge is 0.377 e. The smallest absolute Gasteiger partial charge is 0.318 e. The Morgan fingerprint density at radius 1 is 1.36 bits per heavy atom. The maximum Gasteiger partial charge on any atom is 0.318 e. The predicted octanol–water partition coefficient (Wildman–Crippen LogP) is 0.540. The highest BCUT2D eigenvalue weighted by molar-refractivity contribution is 6.04. The van der Waals surface area contributed by atoms with E-state index < -0.39 is 0 Å². The molecule has 3 rings (SSSR count). The molecular weight excluding hydrogens is 356 g/mol. The molecule has 152 valence electrons. The fourth-order valence-corrected chi connectivity index (χ4v) is 3.84. The number of urea groups is 1. The second-order valence-electron chi connectivity index (χ2n) is 7.02. The summed E-state index contributed by atoms with van der Waals surface area (Å²) in [5.41, 5.74) is 3.39. The number of allylic oxidation sites excluding steroid dienone is 1. The lowest BCUT2D eigenvalue weighted by atomic mass is 10.2. The van der Waals surface area contributed by atoms with Gasteiger partial charge in [-0.3, -0.25) is 4.99 Å². The molecule has 2 bridgehead atoms. The zero-order chi connectivity index (χ0) is 19.9. The van der Waals surface area contributed by atoms with Crippen molar-refractivity contribution in [3.63, 3.8) is 0 Å². The molecule has 0 radical (unpaired) electrons. The lowest BCUT2D eigenvalue weighted by Crippen LogP contribution is -2.59. The Bertz CT molecular complexity index is 697. The quantitative estimate of drug-likeness (QED) is 0.459. The van der Waals surface area contributed by atoms with Gasteiger partial charge in [0.05, 0.1) is 31.4 Å². The van der Waals surface area contributed by atoms with E-state index in [0.29, 0.717) is 25.3 Å². The molecule has 3 N–H and O–H groups in total. The van der Waals surface area contributed by atoms with Gasteiger partial charge in [-0.1, -0.05) is 12.7 Å². The number of hydrogen-bond acceptors (Lipinski definition) is 7. The second-order valence-corrected chi connectivity index (χ2v) is 7.02. The van der Waals surface area contributed by atoms with Crippen LogP contribution >= 0.6 is 0 Å². The van der Waals surface area contributed by atoms with Gasteiger partial charge in [-0.25, -0.2) is 9.79 Å². The number of carbonyl (C=O) groups excluding carboxylic acids is 1. The maximum atomic E-state index is 12.4. The third kappa shape index (κ3) is 4.71. The highest BCUT2D eigenvalue weighted by Gasteiger charge is 2.43. The van der Waals surface area contributed by atoms with Gasteiger partial charge in [-0.2, -0.15) is 5.10 Å². The number of amides is 2. The highest BCUT2D eigenvalue weighted by Crippen LogP contribution is 2.30. The van der Waals surface area contributed by atoms with Gasteiger partial charge in [-0.15, -0.1) is 0 Å². The lowest BCUT2D eigenvalue weighted by molar-refractivity contribution is 0.122. The van der Waals surface area contributed by atoms with Gasteiger partial charge < -0.3 is 25.9 Å². The second kappa shape index (κ2) is 9.38. The van der Waals surface area contributed by atoms with Crippen LogP contribution in [-0.2, 0) is 0 Å². The molecular formula is C19H30N8O. The van der Waals surface area contributed by atoms with Gasteiger partial charge in [0.25, 0.3) is 0 Å². The molecule has 28 heavy (non-hydrogen) atoms. The number of nitrogens with zero attached hydrogens (tertiary/aromatic N) is 5. The van der Waals surface area contributed by atoms with Crippen molar-refractivity contribution in [2.45, 2.75) is 31.8 Å². The molecule has 2 saturated heterocycles. The first-order valence-corrected chi connectivity index (χ1v) is 9.84.